The number of hydrogen-bond donors (Lipinski definition) is 2. The lowest BCUT2D eigenvalue weighted by molar-refractivity contribution is -0.903. The van der Waals surface area contributed by atoms with Crippen LogP contribution in [-0.4, -0.2) is 54.3 Å². The van der Waals surface area contributed by atoms with E-state index in [-0.39, 0.29) is 5.97 Å². The van der Waals surface area contributed by atoms with E-state index in [0.29, 0.717) is 36.3 Å². The number of rotatable bonds is 12. The number of esters is 1. The second kappa shape index (κ2) is 10.6. The van der Waals surface area contributed by atoms with E-state index < -0.39 is 14.6 Å². The molecule has 0 atom stereocenters. The molecule has 0 saturated heterocycles. The van der Waals surface area contributed by atoms with E-state index in [2.05, 4.69) is 4.52 Å². The van der Waals surface area contributed by atoms with Crippen LogP contribution in [0.4, 0.5) is 0 Å². The number of phosphoric acid groups is 1. The first-order valence-corrected chi connectivity index (χ1v) is 10.0. The van der Waals surface area contributed by atoms with Crippen molar-refractivity contribution in [2.24, 2.45) is 0 Å². The van der Waals surface area contributed by atoms with Gasteiger partial charge in [-0.25, -0.2) is 9.09 Å². The molecule has 0 fully saturated rings. The van der Waals surface area contributed by atoms with E-state index >= 15 is 0 Å². The molecule has 1 aromatic rings. The molecule has 0 amide bonds. The van der Waals surface area contributed by atoms with Crippen LogP contribution in [0, 0.1) is 0 Å². The predicted molar refractivity (Wildman–Crippen MR) is 96.2 cm³/mol. The van der Waals surface area contributed by atoms with Crippen molar-refractivity contribution < 1.29 is 37.6 Å². The number of para-hydroxylation sites is 1. The van der Waals surface area contributed by atoms with Crippen LogP contribution in [0.15, 0.2) is 24.3 Å². The highest BCUT2D eigenvalue weighted by atomic mass is 31.2. The second-order valence-electron chi connectivity index (χ2n) is 6.63. The van der Waals surface area contributed by atoms with Crippen molar-refractivity contribution in [1.29, 1.82) is 0 Å². The molecule has 0 aromatic heterocycles. The maximum atomic E-state index is 11.6. The smallest absolute Gasteiger partial charge is 0.466 e. The molecule has 0 aliphatic heterocycles. The largest absolute Gasteiger partial charge is 0.472 e. The number of carbonyl (C=O) groups excluding carboxylic acids is 1. The molecule has 0 heterocycles. The number of quaternary nitrogens is 1. The number of ether oxygens (including phenoxy) is 2. The molecular formula is C17H29NO7P+. The van der Waals surface area contributed by atoms with Gasteiger partial charge in [-0.3, -0.25) is 4.79 Å². The minimum absolute atomic E-state index is 0.176. The molecule has 0 aliphatic carbocycles. The fourth-order valence-electron chi connectivity index (χ4n) is 2.27. The van der Waals surface area contributed by atoms with Gasteiger partial charge < -0.3 is 23.7 Å². The maximum Gasteiger partial charge on any atom is 0.472 e. The summed E-state index contributed by atoms with van der Waals surface area (Å²) in [6.45, 7) is 3.05. The SMILES string of the molecule is CCCCC(=O)OCC[N+](C)(C)Cc1ccccc1OCOP(=O)(O)O. The number of phosphoric ester groups is 1. The van der Waals surface area contributed by atoms with Gasteiger partial charge in [0.15, 0.2) is 6.79 Å². The van der Waals surface area contributed by atoms with Crippen molar-refractivity contribution in [3.05, 3.63) is 29.8 Å². The van der Waals surface area contributed by atoms with E-state index in [9.17, 15) is 9.36 Å². The average molecular weight is 390 g/mol. The number of unbranched alkanes of at least 4 members (excludes halogenated alkanes) is 1. The summed E-state index contributed by atoms with van der Waals surface area (Å²) < 4.78 is 26.2. The Morgan fingerprint density at radius 3 is 2.58 bits per heavy atom. The van der Waals surface area contributed by atoms with E-state index in [1.54, 1.807) is 12.1 Å². The van der Waals surface area contributed by atoms with Gasteiger partial charge in [0.05, 0.1) is 14.1 Å². The maximum absolute atomic E-state index is 11.6. The molecule has 0 saturated carbocycles. The third kappa shape index (κ3) is 9.89. The third-order valence-corrected chi connectivity index (χ3v) is 4.14. The van der Waals surface area contributed by atoms with Gasteiger partial charge >= 0.3 is 13.8 Å². The first kappa shape index (κ1) is 22.6. The normalized spacial score (nSPS) is 12.0. The van der Waals surface area contributed by atoms with Crippen molar-refractivity contribution in [3.8, 4) is 5.75 Å². The number of likely N-dealkylation sites (N-methyl/N-ethyl adjacent to an activating group) is 1. The predicted octanol–water partition coefficient (Wildman–Crippen LogP) is 2.44. The fraction of sp³-hybridized carbons (Fsp3) is 0.588. The minimum atomic E-state index is -4.57. The van der Waals surface area contributed by atoms with E-state index in [4.69, 9.17) is 19.3 Å². The lowest BCUT2D eigenvalue weighted by Gasteiger charge is -2.30. The zero-order valence-electron chi connectivity index (χ0n) is 15.6. The van der Waals surface area contributed by atoms with Crippen molar-refractivity contribution in [1.82, 2.24) is 0 Å². The summed E-state index contributed by atoms with van der Waals surface area (Å²) in [5.41, 5.74) is 0.865. The van der Waals surface area contributed by atoms with Gasteiger partial charge in [0.25, 0.3) is 0 Å². The van der Waals surface area contributed by atoms with Crippen molar-refractivity contribution in [2.45, 2.75) is 32.7 Å². The Morgan fingerprint density at radius 1 is 1.23 bits per heavy atom. The number of carbonyl (C=O) groups is 1. The zero-order valence-corrected chi connectivity index (χ0v) is 16.5. The van der Waals surface area contributed by atoms with E-state index in [0.717, 1.165) is 18.4 Å². The van der Waals surface area contributed by atoms with Crippen LogP contribution in [0.1, 0.15) is 31.7 Å². The Hall–Kier alpha value is -1.44. The van der Waals surface area contributed by atoms with Crippen LogP contribution in [-0.2, 0) is 25.2 Å². The molecule has 0 bridgehead atoms. The van der Waals surface area contributed by atoms with Crippen molar-refractivity contribution in [3.63, 3.8) is 0 Å². The molecule has 0 spiro atoms. The summed E-state index contributed by atoms with van der Waals surface area (Å²) in [5.74, 6) is 0.317. The standard InChI is InChI=1S/C17H28NO7P/c1-4-5-10-17(19)23-12-11-18(2,3)13-15-8-6-7-9-16(15)24-14-25-26(20,21)22/h6-9H,4-5,10-14H2,1-3H3,(H-,20,21,22)/p+1. The van der Waals surface area contributed by atoms with Gasteiger partial charge in [0.1, 0.15) is 25.4 Å². The van der Waals surface area contributed by atoms with Crippen LogP contribution in [0.2, 0.25) is 0 Å². The average Bonchev–Trinajstić information content (AvgIpc) is 2.53. The lowest BCUT2D eigenvalue weighted by atomic mass is 10.1. The molecule has 0 aliphatic rings. The fourth-order valence-corrected chi connectivity index (χ4v) is 2.46. The summed E-state index contributed by atoms with van der Waals surface area (Å²) in [5, 5.41) is 0. The van der Waals surface area contributed by atoms with Crippen molar-refractivity contribution >= 4 is 13.8 Å². The molecular weight excluding hydrogens is 361 g/mol. The van der Waals surface area contributed by atoms with Crippen LogP contribution in [0.3, 0.4) is 0 Å². The number of hydrogen-bond acceptors (Lipinski definition) is 5. The first-order chi connectivity index (χ1) is 12.1. The Morgan fingerprint density at radius 2 is 1.92 bits per heavy atom. The minimum Gasteiger partial charge on any atom is -0.466 e. The number of benzene rings is 1. The molecule has 0 unspecified atom stereocenters. The monoisotopic (exact) mass is 390 g/mol. The second-order valence-corrected chi connectivity index (χ2v) is 7.87. The molecule has 1 aromatic carbocycles. The molecule has 26 heavy (non-hydrogen) atoms. The first-order valence-electron chi connectivity index (χ1n) is 8.51. The number of nitrogens with zero attached hydrogens (tertiary/aromatic N) is 1. The van der Waals surface area contributed by atoms with Crippen LogP contribution < -0.4 is 4.74 Å². The lowest BCUT2D eigenvalue weighted by Crippen LogP contribution is -2.41. The highest BCUT2D eigenvalue weighted by Gasteiger charge is 2.20. The van der Waals surface area contributed by atoms with Crippen molar-refractivity contribution in [2.75, 3.05) is 34.0 Å². The zero-order chi connectivity index (χ0) is 19.6. The Bertz CT molecular complexity index is 615. The quantitative estimate of drug-likeness (QED) is 0.245. The van der Waals surface area contributed by atoms with Crippen LogP contribution >= 0.6 is 7.82 Å². The molecule has 8 nitrogen and oxygen atoms in total. The summed E-state index contributed by atoms with van der Waals surface area (Å²) in [6.07, 6.45) is 2.23. The Kier molecular flexibility index (Phi) is 9.25. The Balaban J connectivity index is 2.55. The molecule has 1 rings (SSSR count). The van der Waals surface area contributed by atoms with Gasteiger partial charge in [0.2, 0.25) is 0 Å². The third-order valence-electron chi connectivity index (χ3n) is 3.70. The highest BCUT2D eigenvalue weighted by Crippen LogP contribution is 2.35. The van der Waals surface area contributed by atoms with Crippen LogP contribution in [0.25, 0.3) is 0 Å². The molecule has 148 valence electrons. The van der Waals surface area contributed by atoms with Gasteiger partial charge in [-0.15, -0.1) is 0 Å². The van der Waals surface area contributed by atoms with E-state index in [1.807, 2.05) is 33.2 Å². The summed E-state index contributed by atoms with van der Waals surface area (Å²) in [7, 11) is -0.563. The van der Waals surface area contributed by atoms with Gasteiger partial charge in [-0.1, -0.05) is 25.5 Å². The summed E-state index contributed by atoms with van der Waals surface area (Å²) in [6, 6.07) is 7.21. The molecule has 0 radical (unpaired) electrons. The van der Waals surface area contributed by atoms with Gasteiger partial charge in [0, 0.05) is 12.0 Å². The highest BCUT2D eigenvalue weighted by molar-refractivity contribution is 7.46. The van der Waals surface area contributed by atoms with Gasteiger partial charge in [-0.2, -0.15) is 0 Å². The van der Waals surface area contributed by atoms with Gasteiger partial charge in [-0.05, 0) is 18.6 Å². The molecule has 9 heteroatoms. The summed E-state index contributed by atoms with van der Waals surface area (Å²) in [4.78, 5) is 29.0. The summed E-state index contributed by atoms with van der Waals surface area (Å²) >= 11 is 0. The topological polar surface area (TPSA) is 102 Å². The Labute approximate surface area is 154 Å². The van der Waals surface area contributed by atoms with E-state index in [1.165, 1.54) is 0 Å². The molecule has 2 N–H and O–H groups in total. The van der Waals surface area contributed by atoms with Crippen LogP contribution in [0.5, 0.6) is 5.75 Å².